The SMILES string of the molecule is O=C(c1ccc(Cl)cc1)n1ccc2ccccc21. The molecule has 3 heteroatoms. The van der Waals surface area contributed by atoms with Crippen LogP contribution in [-0.2, 0) is 0 Å². The Bertz CT molecular complexity index is 713. The highest BCUT2D eigenvalue weighted by Crippen LogP contribution is 2.17. The van der Waals surface area contributed by atoms with E-state index in [2.05, 4.69) is 0 Å². The van der Waals surface area contributed by atoms with Crippen LogP contribution in [0.4, 0.5) is 0 Å². The molecule has 0 aliphatic rings. The zero-order chi connectivity index (χ0) is 12.5. The van der Waals surface area contributed by atoms with Crippen LogP contribution in [0.15, 0.2) is 60.8 Å². The Morgan fingerprint density at radius 1 is 0.944 bits per heavy atom. The van der Waals surface area contributed by atoms with Gasteiger partial charge in [0.05, 0.1) is 5.52 Å². The molecule has 0 aliphatic carbocycles. The molecule has 0 radical (unpaired) electrons. The number of rotatable bonds is 1. The van der Waals surface area contributed by atoms with Crippen molar-refractivity contribution in [1.82, 2.24) is 4.57 Å². The summed E-state index contributed by atoms with van der Waals surface area (Å²) < 4.78 is 1.65. The number of nitrogens with zero attached hydrogens (tertiary/aromatic N) is 1. The van der Waals surface area contributed by atoms with Gasteiger partial charge in [0.1, 0.15) is 0 Å². The lowest BCUT2D eigenvalue weighted by Gasteiger charge is -2.04. The zero-order valence-corrected chi connectivity index (χ0v) is 10.3. The molecule has 0 atom stereocenters. The summed E-state index contributed by atoms with van der Waals surface area (Å²) in [6.45, 7) is 0. The third kappa shape index (κ3) is 1.81. The van der Waals surface area contributed by atoms with Crippen molar-refractivity contribution in [3.8, 4) is 0 Å². The predicted molar refractivity (Wildman–Crippen MR) is 73.1 cm³/mol. The summed E-state index contributed by atoms with van der Waals surface area (Å²) in [5.41, 5.74) is 1.54. The molecule has 0 aliphatic heterocycles. The third-order valence-corrected chi connectivity index (χ3v) is 3.16. The van der Waals surface area contributed by atoms with Gasteiger partial charge >= 0.3 is 0 Å². The Labute approximate surface area is 109 Å². The third-order valence-electron chi connectivity index (χ3n) is 2.91. The normalized spacial score (nSPS) is 10.7. The molecule has 1 aromatic heterocycles. The molecule has 3 rings (SSSR count). The van der Waals surface area contributed by atoms with E-state index in [9.17, 15) is 4.79 Å². The second-order valence-corrected chi connectivity index (χ2v) is 4.49. The molecule has 0 amide bonds. The first-order chi connectivity index (χ1) is 8.75. The van der Waals surface area contributed by atoms with Gasteiger partial charge in [-0.3, -0.25) is 9.36 Å². The van der Waals surface area contributed by atoms with Gasteiger partial charge in [-0.05, 0) is 36.4 Å². The number of carbonyl (C=O) groups excluding carboxylic acids is 1. The van der Waals surface area contributed by atoms with E-state index in [0.717, 1.165) is 10.9 Å². The number of carbonyl (C=O) groups is 1. The van der Waals surface area contributed by atoms with E-state index in [1.165, 1.54) is 0 Å². The second kappa shape index (κ2) is 4.31. The van der Waals surface area contributed by atoms with Gasteiger partial charge in [0.25, 0.3) is 5.91 Å². The number of benzene rings is 2. The minimum Gasteiger partial charge on any atom is -0.283 e. The fraction of sp³-hybridized carbons (Fsp3) is 0. The van der Waals surface area contributed by atoms with Gasteiger partial charge in [0, 0.05) is 22.2 Å². The average Bonchev–Trinajstić information content (AvgIpc) is 2.82. The summed E-state index contributed by atoms with van der Waals surface area (Å²) in [6.07, 6.45) is 1.79. The van der Waals surface area contributed by atoms with Crippen molar-refractivity contribution < 1.29 is 4.79 Å². The van der Waals surface area contributed by atoms with Gasteiger partial charge in [-0.2, -0.15) is 0 Å². The summed E-state index contributed by atoms with van der Waals surface area (Å²) in [6, 6.07) is 16.7. The highest BCUT2D eigenvalue weighted by molar-refractivity contribution is 6.30. The monoisotopic (exact) mass is 255 g/mol. The van der Waals surface area contributed by atoms with Crippen molar-refractivity contribution in [3.63, 3.8) is 0 Å². The lowest BCUT2D eigenvalue weighted by Crippen LogP contribution is -2.10. The molecular formula is C15H10ClNO. The first-order valence-corrected chi connectivity index (χ1v) is 6.00. The summed E-state index contributed by atoms with van der Waals surface area (Å²) in [4.78, 5) is 12.4. The van der Waals surface area contributed by atoms with Gasteiger partial charge in [-0.15, -0.1) is 0 Å². The van der Waals surface area contributed by atoms with E-state index in [0.29, 0.717) is 10.6 Å². The fourth-order valence-electron chi connectivity index (χ4n) is 1.99. The minimum absolute atomic E-state index is 0.0483. The van der Waals surface area contributed by atoms with Gasteiger partial charge < -0.3 is 0 Å². The topological polar surface area (TPSA) is 22.0 Å². The molecule has 0 N–H and O–H groups in total. The molecule has 0 bridgehead atoms. The maximum atomic E-state index is 12.4. The maximum Gasteiger partial charge on any atom is 0.262 e. The van der Waals surface area contributed by atoms with Crippen LogP contribution < -0.4 is 0 Å². The van der Waals surface area contributed by atoms with Crippen LogP contribution in [0.25, 0.3) is 10.9 Å². The molecule has 0 saturated carbocycles. The highest BCUT2D eigenvalue weighted by Gasteiger charge is 2.10. The van der Waals surface area contributed by atoms with Crippen LogP contribution >= 0.6 is 11.6 Å². The Kier molecular flexibility index (Phi) is 2.65. The molecule has 18 heavy (non-hydrogen) atoms. The molecule has 0 fully saturated rings. The number of hydrogen-bond donors (Lipinski definition) is 0. The van der Waals surface area contributed by atoms with E-state index in [1.807, 2.05) is 30.3 Å². The number of hydrogen-bond acceptors (Lipinski definition) is 1. The van der Waals surface area contributed by atoms with Gasteiger partial charge in [-0.1, -0.05) is 29.8 Å². The van der Waals surface area contributed by atoms with Gasteiger partial charge in [-0.25, -0.2) is 0 Å². The largest absolute Gasteiger partial charge is 0.283 e. The van der Waals surface area contributed by atoms with Crippen molar-refractivity contribution in [3.05, 3.63) is 71.4 Å². The zero-order valence-electron chi connectivity index (χ0n) is 9.51. The van der Waals surface area contributed by atoms with Crippen LogP contribution in [-0.4, -0.2) is 10.5 Å². The van der Waals surface area contributed by atoms with Crippen LogP contribution in [0.1, 0.15) is 10.4 Å². The van der Waals surface area contributed by atoms with E-state index >= 15 is 0 Å². The maximum absolute atomic E-state index is 12.4. The van der Waals surface area contributed by atoms with E-state index in [-0.39, 0.29) is 5.91 Å². The molecule has 2 aromatic carbocycles. The van der Waals surface area contributed by atoms with Gasteiger partial charge in [0.2, 0.25) is 0 Å². The van der Waals surface area contributed by atoms with Crippen LogP contribution in [0.3, 0.4) is 0 Å². The number of fused-ring (bicyclic) bond motifs is 1. The number of aromatic nitrogens is 1. The van der Waals surface area contributed by atoms with Crippen molar-refractivity contribution in [2.24, 2.45) is 0 Å². The van der Waals surface area contributed by atoms with Crippen LogP contribution in [0.5, 0.6) is 0 Å². The molecule has 2 nitrogen and oxygen atoms in total. The minimum atomic E-state index is -0.0483. The summed E-state index contributed by atoms with van der Waals surface area (Å²) in [7, 11) is 0. The van der Waals surface area contributed by atoms with Crippen LogP contribution in [0.2, 0.25) is 5.02 Å². The molecule has 0 spiro atoms. The summed E-state index contributed by atoms with van der Waals surface area (Å²) >= 11 is 5.82. The quantitative estimate of drug-likeness (QED) is 0.645. The molecule has 1 heterocycles. The summed E-state index contributed by atoms with van der Waals surface area (Å²) in [5, 5.41) is 1.68. The number of para-hydroxylation sites is 1. The Morgan fingerprint density at radius 3 is 2.44 bits per heavy atom. The van der Waals surface area contributed by atoms with Crippen LogP contribution in [0, 0.1) is 0 Å². The van der Waals surface area contributed by atoms with Crippen molar-refractivity contribution >= 4 is 28.4 Å². The Morgan fingerprint density at radius 2 is 1.67 bits per heavy atom. The highest BCUT2D eigenvalue weighted by atomic mass is 35.5. The van der Waals surface area contributed by atoms with Crippen molar-refractivity contribution in [1.29, 1.82) is 0 Å². The van der Waals surface area contributed by atoms with E-state index in [1.54, 1.807) is 35.0 Å². The first kappa shape index (κ1) is 11.1. The van der Waals surface area contributed by atoms with Gasteiger partial charge in [0.15, 0.2) is 0 Å². The smallest absolute Gasteiger partial charge is 0.262 e. The molecule has 0 saturated heterocycles. The molecule has 88 valence electrons. The fourth-order valence-corrected chi connectivity index (χ4v) is 2.12. The van der Waals surface area contributed by atoms with E-state index in [4.69, 9.17) is 11.6 Å². The standard InChI is InChI=1S/C15H10ClNO/c16-13-7-5-12(6-8-13)15(18)17-10-9-11-3-1-2-4-14(11)17/h1-10H. The molecular weight excluding hydrogens is 246 g/mol. The first-order valence-electron chi connectivity index (χ1n) is 5.62. The lowest BCUT2D eigenvalue weighted by molar-refractivity contribution is 0.0965. The molecule has 3 aromatic rings. The Hall–Kier alpha value is -2.06. The average molecular weight is 256 g/mol. The number of halogens is 1. The summed E-state index contributed by atoms with van der Waals surface area (Å²) in [5.74, 6) is -0.0483. The second-order valence-electron chi connectivity index (χ2n) is 4.06. The molecule has 0 unspecified atom stereocenters. The Balaban J connectivity index is 2.09. The predicted octanol–water partition coefficient (Wildman–Crippen LogP) is 3.98. The van der Waals surface area contributed by atoms with Crippen molar-refractivity contribution in [2.75, 3.05) is 0 Å². The van der Waals surface area contributed by atoms with Crippen molar-refractivity contribution in [2.45, 2.75) is 0 Å². The lowest BCUT2D eigenvalue weighted by atomic mass is 10.2. The van der Waals surface area contributed by atoms with E-state index < -0.39 is 0 Å².